The van der Waals surface area contributed by atoms with Crippen LogP contribution >= 0.6 is 0 Å². The molecule has 310 valence electrons. The van der Waals surface area contributed by atoms with Gasteiger partial charge in [-0.15, -0.1) is 9.13 Å². The molecule has 0 atom stereocenters. The van der Waals surface area contributed by atoms with E-state index in [1.165, 1.54) is 0 Å². The Labute approximate surface area is 371 Å². The number of ketones is 2. The Morgan fingerprint density at radius 3 is 1.15 bits per heavy atom. The highest BCUT2D eigenvalue weighted by molar-refractivity contribution is 6.03. The number of carbonyl (C=O) groups excluding carboxylic acids is 2. The van der Waals surface area contributed by atoms with E-state index in [-0.39, 0.29) is 49.5 Å². The maximum absolute atomic E-state index is 13.5. The largest absolute Gasteiger partial charge is 1.00 e. The summed E-state index contributed by atoms with van der Waals surface area (Å²) in [6.45, 7) is 8.11. The van der Waals surface area contributed by atoms with Gasteiger partial charge in [0.2, 0.25) is 33.4 Å². The molecule has 0 spiro atoms. The Kier molecular flexibility index (Phi) is 12.1. The van der Waals surface area contributed by atoms with E-state index in [1.807, 2.05) is 113 Å². The van der Waals surface area contributed by atoms with Crippen molar-refractivity contribution >= 4 is 78.4 Å². The van der Waals surface area contributed by atoms with Gasteiger partial charge in [0.05, 0.1) is 13.1 Å². The average molecular weight is 860 g/mol. The van der Waals surface area contributed by atoms with Crippen LogP contribution in [0.25, 0.3) is 55.5 Å². The first-order valence-electron chi connectivity index (χ1n) is 19.9. The van der Waals surface area contributed by atoms with Crippen LogP contribution in [0.5, 0.6) is 0 Å². The number of carbonyl (C=O) groups is 2. The fourth-order valence-electron chi connectivity index (χ4n) is 7.84. The molecule has 7 aromatic carbocycles. The molecule has 0 fully saturated rings. The van der Waals surface area contributed by atoms with Crippen LogP contribution in [0.3, 0.4) is 0 Å². The van der Waals surface area contributed by atoms with Gasteiger partial charge in [-0.1, -0.05) is 60.7 Å². The normalized spacial score (nSPS) is 11.0. The highest BCUT2D eigenvalue weighted by Crippen LogP contribution is 2.28. The van der Waals surface area contributed by atoms with Gasteiger partial charge in [0.1, 0.15) is 22.1 Å². The molecule has 2 heterocycles. The summed E-state index contributed by atoms with van der Waals surface area (Å²) in [5.41, 5.74) is 29.5. The fourth-order valence-corrected chi connectivity index (χ4v) is 7.84. The number of para-hydroxylation sites is 2. The van der Waals surface area contributed by atoms with Crippen molar-refractivity contribution in [1.82, 2.24) is 9.97 Å². The first kappa shape index (κ1) is 43.0. The van der Waals surface area contributed by atoms with Crippen molar-refractivity contribution in [3.8, 4) is 11.4 Å². The van der Waals surface area contributed by atoms with E-state index in [2.05, 4.69) is 44.0 Å². The molecule has 62 heavy (non-hydrogen) atoms. The second-order valence-corrected chi connectivity index (χ2v) is 15.4. The van der Waals surface area contributed by atoms with Gasteiger partial charge in [0, 0.05) is 82.4 Å². The van der Waals surface area contributed by atoms with Gasteiger partial charge in [-0.05, 0) is 74.2 Å². The molecule has 6 N–H and O–H groups in total. The molecule has 0 bridgehead atoms. The number of benzene rings is 7. The Balaban J connectivity index is 0.00000289. The number of nitrogens with one attached hydrogen (secondary N) is 2. The molecule has 10 nitrogen and oxygen atoms in total. The van der Waals surface area contributed by atoms with Crippen molar-refractivity contribution in [1.29, 1.82) is 0 Å². The van der Waals surface area contributed by atoms with Crippen molar-refractivity contribution in [2.24, 2.45) is 0 Å². The van der Waals surface area contributed by atoms with Gasteiger partial charge < -0.3 is 46.9 Å². The van der Waals surface area contributed by atoms with E-state index < -0.39 is 0 Å². The molecule has 0 aliphatic carbocycles. The average Bonchev–Trinajstić information content (AvgIpc) is 3.25. The van der Waals surface area contributed by atoms with Crippen LogP contribution in [-0.2, 0) is 0 Å². The maximum atomic E-state index is 13.5. The SMILES string of the molecule is Cc1cc2nc3cc(C)c(NCC(=O)c4ccc(C(=O)CNc5cc6c(cc5C)nc5cc(C)c(N)cc5[n+]6-c5ccccc5)cc4)cc3[n+](-c3ccccc3)c2cc1N.[Cl-].[Cl-]. The highest BCUT2D eigenvalue weighted by atomic mass is 35.5. The number of fused-ring (bicyclic) bond motifs is 4. The zero-order chi connectivity index (χ0) is 41.7. The molecule has 0 saturated heterocycles. The van der Waals surface area contributed by atoms with Crippen molar-refractivity contribution in [2.45, 2.75) is 27.7 Å². The first-order valence-corrected chi connectivity index (χ1v) is 19.9. The molecule has 0 saturated carbocycles. The third-order valence-corrected chi connectivity index (χ3v) is 11.3. The predicted octanol–water partition coefficient (Wildman–Crippen LogP) is 2.64. The van der Waals surface area contributed by atoms with Gasteiger partial charge in [-0.2, -0.15) is 0 Å². The topological polar surface area (TPSA) is 144 Å². The second-order valence-electron chi connectivity index (χ2n) is 15.4. The van der Waals surface area contributed by atoms with E-state index in [4.69, 9.17) is 21.4 Å². The number of aromatic nitrogens is 4. The monoisotopic (exact) mass is 858 g/mol. The molecular formula is C50H44Cl2N8O2. The molecular weight excluding hydrogens is 816 g/mol. The van der Waals surface area contributed by atoms with Crippen LogP contribution in [-0.4, -0.2) is 34.6 Å². The zero-order valence-corrected chi connectivity index (χ0v) is 36.1. The minimum atomic E-state index is -0.0981. The Hall–Kier alpha value is -7.14. The Morgan fingerprint density at radius 1 is 0.468 bits per heavy atom. The van der Waals surface area contributed by atoms with Gasteiger partial charge in [-0.25, -0.2) is 9.97 Å². The quantitative estimate of drug-likeness (QED) is 0.0713. The van der Waals surface area contributed by atoms with Gasteiger partial charge in [0.25, 0.3) is 0 Å². The van der Waals surface area contributed by atoms with E-state index in [1.54, 1.807) is 24.3 Å². The molecule has 0 unspecified atom stereocenters. The number of hydrogen-bond donors (Lipinski definition) is 4. The number of hydrogen-bond acceptors (Lipinski definition) is 8. The standard InChI is InChI=1S/C50H42N8O2.2ClH/c1-29-19-41-45(23-37(29)51)57(35-11-7-5-8-12-35)47-25-39(31(3)21-43(47)55-41)53-27-49(59)33-15-17-34(18-16-33)50(60)28-54-40-26-48-44(22-32(40)4)56-42-20-30(2)38(52)24-46(42)58(48)36-13-9-6-10-14-36;;/h5-26H,27-28H2,1-4H3,(H4,51,52,53,54);2*1H. The lowest BCUT2D eigenvalue weighted by molar-refractivity contribution is -0.538. The van der Waals surface area contributed by atoms with Crippen LogP contribution in [0, 0.1) is 27.7 Å². The van der Waals surface area contributed by atoms with Crippen LogP contribution in [0.4, 0.5) is 22.7 Å². The molecule has 2 aromatic heterocycles. The predicted molar refractivity (Wildman–Crippen MR) is 241 cm³/mol. The summed E-state index contributed by atoms with van der Waals surface area (Å²) in [5.74, 6) is -0.196. The number of anilines is 4. The number of nitrogens with zero attached hydrogens (tertiary/aromatic N) is 4. The molecule has 0 radical (unpaired) electrons. The van der Waals surface area contributed by atoms with E-state index >= 15 is 0 Å². The van der Waals surface area contributed by atoms with Gasteiger partial charge in [-0.3, -0.25) is 9.59 Å². The summed E-state index contributed by atoms with van der Waals surface area (Å²) in [5, 5.41) is 6.74. The van der Waals surface area contributed by atoms with E-state index in [0.29, 0.717) is 22.5 Å². The van der Waals surface area contributed by atoms with Crippen LogP contribution in [0.15, 0.2) is 133 Å². The molecule has 0 aliphatic rings. The smallest absolute Gasteiger partial charge is 0.239 e. The van der Waals surface area contributed by atoms with Crippen LogP contribution in [0.2, 0.25) is 0 Å². The molecule has 9 aromatic rings. The minimum Gasteiger partial charge on any atom is -1.00 e. The third-order valence-electron chi connectivity index (χ3n) is 11.3. The van der Waals surface area contributed by atoms with Crippen molar-refractivity contribution in [2.75, 3.05) is 35.2 Å². The maximum Gasteiger partial charge on any atom is 0.239 e. The van der Waals surface area contributed by atoms with Gasteiger partial charge in [0.15, 0.2) is 11.6 Å². The van der Waals surface area contributed by atoms with E-state index in [0.717, 1.165) is 89.1 Å². The third kappa shape index (κ3) is 8.05. The van der Waals surface area contributed by atoms with Crippen molar-refractivity contribution < 1.29 is 43.5 Å². The van der Waals surface area contributed by atoms with Crippen LogP contribution in [0.1, 0.15) is 43.0 Å². The lowest BCUT2D eigenvalue weighted by Gasteiger charge is -2.13. The van der Waals surface area contributed by atoms with Crippen molar-refractivity contribution in [3.05, 3.63) is 167 Å². The molecule has 12 heteroatoms. The summed E-state index contributed by atoms with van der Waals surface area (Å²) in [4.78, 5) is 37.0. The van der Waals surface area contributed by atoms with Crippen LogP contribution < -0.4 is 56.0 Å². The first-order chi connectivity index (χ1) is 29.0. The summed E-state index contributed by atoms with van der Waals surface area (Å²) in [7, 11) is 0. The Morgan fingerprint density at radius 2 is 0.790 bits per heavy atom. The molecule has 0 aliphatic heterocycles. The number of halogens is 2. The Bertz CT molecular complexity index is 2980. The van der Waals surface area contributed by atoms with Crippen molar-refractivity contribution in [3.63, 3.8) is 0 Å². The zero-order valence-electron chi connectivity index (χ0n) is 34.6. The minimum absolute atomic E-state index is 0. The lowest BCUT2D eigenvalue weighted by atomic mass is 10.0. The molecule has 9 rings (SSSR count). The van der Waals surface area contributed by atoms with Gasteiger partial charge >= 0.3 is 0 Å². The molecule has 0 amide bonds. The number of aryl methyl sites for hydroxylation is 4. The number of rotatable bonds is 10. The highest BCUT2D eigenvalue weighted by Gasteiger charge is 2.24. The summed E-state index contributed by atoms with van der Waals surface area (Å²) >= 11 is 0. The summed E-state index contributed by atoms with van der Waals surface area (Å²) in [6.07, 6.45) is 0. The number of Topliss-reactive ketones (excluding diaryl/α,β-unsaturated/α-hetero) is 2. The fraction of sp³-hybridized carbons (Fsp3) is 0.120. The second kappa shape index (κ2) is 17.5. The number of nitrogen functional groups attached to an aromatic ring is 2. The summed E-state index contributed by atoms with van der Waals surface area (Å²) in [6, 6.07) is 43.2. The summed E-state index contributed by atoms with van der Waals surface area (Å²) < 4.78 is 4.31. The lowest BCUT2D eigenvalue weighted by Crippen LogP contribution is -3.00. The number of nitrogens with two attached hydrogens (primary N) is 2. The van der Waals surface area contributed by atoms with E-state index in [9.17, 15) is 9.59 Å².